The van der Waals surface area contributed by atoms with Crippen LogP contribution < -0.4 is 10.2 Å². The molecule has 0 amide bonds. The number of halogens is 1. The van der Waals surface area contributed by atoms with Crippen LogP contribution in [0.1, 0.15) is 0 Å². The summed E-state index contributed by atoms with van der Waals surface area (Å²) in [6.45, 7) is 2.86. The van der Waals surface area contributed by atoms with Crippen molar-refractivity contribution in [2.75, 3.05) is 36.5 Å². The van der Waals surface area contributed by atoms with Crippen LogP contribution in [0.3, 0.4) is 0 Å². The van der Waals surface area contributed by atoms with Crippen LogP contribution in [0.15, 0.2) is 54.9 Å². The lowest BCUT2D eigenvalue weighted by atomic mass is 10.1. The number of hydrogen-bond acceptors (Lipinski definition) is 7. The Kier molecular flexibility index (Phi) is 5.35. The maximum Gasteiger partial charge on any atom is 0.271 e. The molecule has 9 nitrogen and oxygen atoms in total. The van der Waals surface area contributed by atoms with E-state index in [0.29, 0.717) is 29.7 Å². The molecule has 0 saturated carbocycles. The first kappa shape index (κ1) is 20.8. The summed E-state index contributed by atoms with van der Waals surface area (Å²) in [5, 5.41) is 15.0. The minimum absolute atomic E-state index is 0.0273. The molecule has 10 heteroatoms. The molecule has 1 saturated heterocycles. The Balaban J connectivity index is 1.52. The number of aromatic nitrogens is 3. The summed E-state index contributed by atoms with van der Waals surface area (Å²) in [4.78, 5) is 21.5. The van der Waals surface area contributed by atoms with Gasteiger partial charge >= 0.3 is 0 Å². The van der Waals surface area contributed by atoms with Gasteiger partial charge in [0, 0.05) is 49.4 Å². The van der Waals surface area contributed by atoms with Crippen LogP contribution in [-0.4, -0.2) is 45.8 Å². The fourth-order valence-electron chi connectivity index (χ4n) is 4.07. The van der Waals surface area contributed by atoms with E-state index in [-0.39, 0.29) is 17.3 Å². The molecule has 33 heavy (non-hydrogen) atoms. The van der Waals surface area contributed by atoms with Gasteiger partial charge in [0.15, 0.2) is 5.82 Å². The van der Waals surface area contributed by atoms with Crippen LogP contribution in [-0.2, 0) is 11.8 Å². The zero-order valence-electron chi connectivity index (χ0n) is 17.9. The van der Waals surface area contributed by atoms with Gasteiger partial charge in [-0.1, -0.05) is 12.1 Å². The van der Waals surface area contributed by atoms with Crippen molar-refractivity contribution in [3.63, 3.8) is 0 Å². The highest BCUT2D eigenvalue weighted by atomic mass is 19.1. The molecule has 1 fully saturated rings. The second kappa shape index (κ2) is 8.47. The van der Waals surface area contributed by atoms with E-state index in [0.717, 1.165) is 30.7 Å². The van der Waals surface area contributed by atoms with Crippen molar-refractivity contribution in [1.29, 1.82) is 0 Å². The maximum absolute atomic E-state index is 14.8. The normalized spacial score (nSPS) is 13.9. The van der Waals surface area contributed by atoms with E-state index in [1.54, 1.807) is 23.9 Å². The molecule has 0 unspecified atom stereocenters. The lowest BCUT2D eigenvalue weighted by Gasteiger charge is -2.30. The lowest BCUT2D eigenvalue weighted by molar-refractivity contribution is -0.384. The van der Waals surface area contributed by atoms with E-state index < -0.39 is 10.7 Å². The summed E-state index contributed by atoms with van der Waals surface area (Å²) in [6.07, 6.45) is 2.84. The molecule has 1 aliphatic heterocycles. The largest absolute Gasteiger partial charge is 0.378 e. The molecule has 0 atom stereocenters. The van der Waals surface area contributed by atoms with Crippen LogP contribution in [0.4, 0.5) is 27.4 Å². The minimum atomic E-state index is -0.576. The topological polar surface area (TPSA) is 98.4 Å². The van der Waals surface area contributed by atoms with Crippen LogP contribution >= 0.6 is 0 Å². The van der Waals surface area contributed by atoms with Crippen LogP contribution in [0, 0.1) is 15.9 Å². The molecule has 0 radical (unpaired) electrons. The fourth-order valence-corrected chi connectivity index (χ4v) is 4.07. The fraction of sp³-hybridized carbons (Fsp3) is 0.217. The van der Waals surface area contributed by atoms with Gasteiger partial charge in [-0.3, -0.25) is 10.1 Å². The first-order valence-electron chi connectivity index (χ1n) is 10.5. The van der Waals surface area contributed by atoms with E-state index in [9.17, 15) is 14.5 Å². The summed E-state index contributed by atoms with van der Waals surface area (Å²) in [5.41, 5.74) is 3.05. The molecule has 0 spiro atoms. The number of hydrogen-bond donors (Lipinski definition) is 1. The average molecular weight is 448 g/mol. The zero-order valence-corrected chi connectivity index (χ0v) is 17.9. The number of fused-ring (bicyclic) bond motifs is 1. The monoisotopic (exact) mass is 448 g/mol. The van der Waals surface area contributed by atoms with Crippen molar-refractivity contribution in [2.45, 2.75) is 0 Å². The molecule has 1 N–H and O–H groups in total. The number of aryl methyl sites for hydroxylation is 1. The van der Waals surface area contributed by atoms with Crippen molar-refractivity contribution in [3.05, 3.63) is 70.8 Å². The summed E-state index contributed by atoms with van der Waals surface area (Å²) >= 11 is 0. The highest BCUT2D eigenvalue weighted by molar-refractivity contribution is 5.96. The van der Waals surface area contributed by atoms with Crippen LogP contribution in [0.2, 0.25) is 0 Å². The van der Waals surface area contributed by atoms with E-state index in [1.807, 2.05) is 24.3 Å². The Morgan fingerprint density at radius 1 is 1.18 bits per heavy atom. The van der Waals surface area contributed by atoms with E-state index in [1.165, 1.54) is 12.1 Å². The van der Waals surface area contributed by atoms with Gasteiger partial charge in [0.1, 0.15) is 5.69 Å². The third-order valence-corrected chi connectivity index (χ3v) is 5.69. The highest BCUT2D eigenvalue weighted by Crippen LogP contribution is 2.34. The van der Waals surface area contributed by atoms with Gasteiger partial charge < -0.3 is 19.5 Å². The zero-order chi connectivity index (χ0) is 22.9. The van der Waals surface area contributed by atoms with Crippen molar-refractivity contribution in [2.24, 2.45) is 7.05 Å². The number of anilines is 3. The first-order valence-corrected chi connectivity index (χ1v) is 10.5. The molecule has 5 rings (SSSR count). The van der Waals surface area contributed by atoms with Crippen molar-refractivity contribution >= 4 is 33.9 Å². The quantitative estimate of drug-likeness (QED) is 0.360. The van der Waals surface area contributed by atoms with Gasteiger partial charge in [-0.05, 0) is 18.2 Å². The number of para-hydroxylation sites is 2. The lowest BCUT2D eigenvalue weighted by Crippen LogP contribution is -2.36. The molecule has 0 aliphatic carbocycles. The molecule has 0 bridgehead atoms. The molecule has 2 aromatic heterocycles. The summed E-state index contributed by atoms with van der Waals surface area (Å²) in [6, 6.07) is 12.3. The summed E-state index contributed by atoms with van der Waals surface area (Å²) < 4.78 is 22.0. The molecule has 2 aromatic carbocycles. The predicted molar refractivity (Wildman–Crippen MR) is 123 cm³/mol. The highest BCUT2D eigenvalue weighted by Gasteiger charge is 2.19. The SMILES string of the molecule is Cn1cc(-c2nc(Nc3ccccc3N3CCOCC3)ncc2F)c2ccc([N+](=O)[O-])cc21. The van der Waals surface area contributed by atoms with Gasteiger partial charge in [0.2, 0.25) is 5.95 Å². The molecule has 4 aromatic rings. The standard InChI is InChI=1S/C23H21FN6O3/c1-28-14-17(16-7-6-15(30(31)32)12-21(16)28)22-18(24)13-25-23(27-22)26-19-4-2-3-5-20(19)29-8-10-33-11-9-29/h2-7,12-14H,8-11H2,1H3,(H,25,26,27). The van der Waals surface area contributed by atoms with Crippen molar-refractivity contribution in [3.8, 4) is 11.3 Å². The van der Waals surface area contributed by atoms with Crippen LogP contribution in [0.25, 0.3) is 22.2 Å². The van der Waals surface area contributed by atoms with Gasteiger partial charge in [-0.25, -0.2) is 14.4 Å². The molecular weight excluding hydrogens is 427 g/mol. The molecular formula is C23H21FN6O3. The number of rotatable bonds is 5. The molecule has 3 heterocycles. The smallest absolute Gasteiger partial charge is 0.271 e. The van der Waals surface area contributed by atoms with Gasteiger partial charge in [-0.2, -0.15) is 0 Å². The summed E-state index contributed by atoms with van der Waals surface area (Å²) in [5.74, 6) is -0.320. The van der Waals surface area contributed by atoms with Crippen LogP contribution in [0.5, 0.6) is 0 Å². The second-order valence-corrected chi connectivity index (χ2v) is 7.74. The third kappa shape index (κ3) is 3.96. The first-order chi connectivity index (χ1) is 16.0. The number of nitrogens with zero attached hydrogens (tertiary/aromatic N) is 5. The van der Waals surface area contributed by atoms with Crippen molar-refractivity contribution in [1.82, 2.24) is 14.5 Å². The average Bonchev–Trinajstić information content (AvgIpc) is 3.17. The predicted octanol–water partition coefficient (Wildman–Crippen LogP) is 4.26. The number of morpholine rings is 1. The van der Waals surface area contributed by atoms with Gasteiger partial charge in [0.25, 0.3) is 5.69 Å². The van der Waals surface area contributed by atoms with E-state index in [4.69, 9.17) is 4.74 Å². The Morgan fingerprint density at radius 3 is 2.76 bits per heavy atom. The van der Waals surface area contributed by atoms with E-state index >= 15 is 0 Å². The number of nitro groups is 1. The van der Waals surface area contributed by atoms with Crippen molar-refractivity contribution < 1.29 is 14.1 Å². The van der Waals surface area contributed by atoms with Gasteiger partial charge in [-0.15, -0.1) is 0 Å². The Bertz CT molecular complexity index is 1350. The minimum Gasteiger partial charge on any atom is -0.378 e. The Hall–Kier alpha value is -4.05. The number of nitro benzene ring substituents is 1. The maximum atomic E-state index is 14.8. The summed E-state index contributed by atoms with van der Waals surface area (Å²) in [7, 11) is 1.76. The van der Waals surface area contributed by atoms with Gasteiger partial charge in [0.05, 0.1) is 41.2 Å². The third-order valence-electron chi connectivity index (χ3n) is 5.69. The Morgan fingerprint density at radius 2 is 1.97 bits per heavy atom. The number of nitrogens with one attached hydrogen (secondary N) is 1. The van der Waals surface area contributed by atoms with E-state index in [2.05, 4.69) is 20.2 Å². The number of benzene rings is 2. The Labute approximate surface area is 188 Å². The number of non-ortho nitro benzene ring substituents is 1. The second-order valence-electron chi connectivity index (χ2n) is 7.74. The number of ether oxygens (including phenoxy) is 1. The molecule has 168 valence electrons. The molecule has 1 aliphatic rings.